The van der Waals surface area contributed by atoms with Crippen LogP contribution in [-0.2, 0) is 0 Å². The summed E-state index contributed by atoms with van der Waals surface area (Å²) in [7, 11) is 0. The van der Waals surface area contributed by atoms with Crippen molar-refractivity contribution in [3.63, 3.8) is 0 Å². The predicted octanol–water partition coefficient (Wildman–Crippen LogP) is 6.36. The molecule has 4 nitrogen and oxygen atoms in total. The van der Waals surface area contributed by atoms with Crippen molar-refractivity contribution in [2.75, 3.05) is 6.54 Å². The molecule has 0 spiro atoms. The number of hydrogen-bond donors (Lipinski definition) is 3. The van der Waals surface area contributed by atoms with Crippen molar-refractivity contribution in [2.45, 2.75) is 96.9 Å². The number of para-hydroxylation sites is 1. The molecule has 1 amide bonds. The van der Waals surface area contributed by atoms with Crippen molar-refractivity contribution < 1.29 is 9.90 Å². The van der Waals surface area contributed by atoms with E-state index in [0.29, 0.717) is 18.0 Å². The topological polar surface area (TPSA) is 75.3 Å². The highest BCUT2D eigenvalue weighted by Crippen LogP contribution is 2.26. The molecular weight excluding hydrogens is 428 g/mol. The molecule has 0 aliphatic rings. The molecule has 0 bridgehead atoms. The third kappa shape index (κ3) is 12.3. The van der Waals surface area contributed by atoms with E-state index < -0.39 is 0 Å². The molecule has 0 aliphatic heterocycles. The Balaban J connectivity index is 0.00000784. The number of carbonyl (C=O) groups is 1. The number of aromatic hydroxyl groups is 1. The predicted molar refractivity (Wildman–Crippen MR) is 129 cm³/mol. The number of unbranched alkanes of at least 4 members (excludes halogenated alkanes) is 7. The van der Waals surface area contributed by atoms with Gasteiger partial charge in [0.1, 0.15) is 5.75 Å². The molecule has 0 saturated carbocycles. The van der Waals surface area contributed by atoms with Crippen LogP contribution in [0.3, 0.4) is 0 Å². The Hall–Kier alpha value is -1.07. The number of rotatable bonds is 15. The summed E-state index contributed by atoms with van der Waals surface area (Å²) in [6, 6.07) is 6.64. The maximum Gasteiger partial charge on any atom is 0.255 e. The van der Waals surface area contributed by atoms with Gasteiger partial charge >= 0.3 is 0 Å². The summed E-state index contributed by atoms with van der Waals surface area (Å²) < 4.78 is 0. The highest BCUT2D eigenvalue weighted by Gasteiger charge is 2.24. The molecule has 29 heavy (non-hydrogen) atoms. The fraction of sp³-hybridized carbons (Fsp3) is 0.708. The van der Waals surface area contributed by atoms with Gasteiger partial charge < -0.3 is 16.2 Å². The average Bonchev–Trinajstić information content (AvgIpc) is 2.64. The zero-order chi connectivity index (χ0) is 20.8. The van der Waals surface area contributed by atoms with E-state index in [1.807, 2.05) is 0 Å². The van der Waals surface area contributed by atoms with Gasteiger partial charge in [-0.2, -0.15) is 0 Å². The Kier molecular flexibility index (Phi) is 15.1. The number of phenols is 1. The first-order valence-corrected chi connectivity index (χ1v) is 11.2. The summed E-state index contributed by atoms with van der Waals surface area (Å²) >= 11 is 0. The van der Waals surface area contributed by atoms with Gasteiger partial charge in [0, 0.05) is 12.1 Å². The van der Waals surface area contributed by atoms with Crippen LogP contribution < -0.4 is 11.1 Å². The molecule has 0 fully saturated rings. The molecule has 1 rings (SSSR count). The van der Waals surface area contributed by atoms with Gasteiger partial charge in [-0.15, -0.1) is 17.0 Å². The average molecular weight is 472 g/mol. The Morgan fingerprint density at radius 2 is 1.55 bits per heavy atom. The highest BCUT2D eigenvalue weighted by molar-refractivity contribution is 8.93. The van der Waals surface area contributed by atoms with Crippen molar-refractivity contribution in [1.82, 2.24) is 5.32 Å². The lowest BCUT2D eigenvalue weighted by molar-refractivity contribution is 0.0949. The van der Waals surface area contributed by atoms with Crippen molar-refractivity contribution in [1.29, 1.82) is 0 Å². The van der Waals surface area contributed by atoms with Gasteiger partial charge in [-0.3, -0.25) is 4.79 Å². The fourth-order valence-corrected chi connectivity index (χ4v) is 3.72. The number of nitrogens with two attached hydrogens (primary N) is 1. The van der Waals surface area contributed by atoms with E-state index in [9.17, 15) is 9.90 Å². The second kappa shape index (κ2) is 15.7. The Bertz CT molecular complexity index is 558. The molecule has 0 aromatic heterocycles. The van der Waals surface area contributed by atoms with Crippen molar-refractivity contribution in [3.8, 4) is 5.75 Å². The van der Waals surface area contributed by atoms with Crippen LogP contribution in [-0.4, -0.2) is 23.1 Å². The van der Waals surface area contributed by atoms with Crippen LogP contribution in [0, 0.1) is 5.92 Å². The maximum absolute atomic E-state index is 12.1. The van der Waals surface area contributed by atoms with Gasteiger partial charge in [-0.1, -0.05) is 70.4 Å². The van der Waals surface area contributed by atoms with E-state index in [2.05, 4.69) is 26.1 Å². The van der Waals surface area contributed by atoms with Gasteiger partial charge in [-0.25, -0.2) is 0 Å². The number of benzene rings is 1. The Morgan fingerprint density at radius 1 is 1.00 bits per heavy atom. The third-order valence-corrected chi connectivity index (χ3v) is 5.62. The Morgan fingerprint density at radius 3 is 2.14 bits per heavy atom. The molecule has 168 valence electrons. The van der Waals surface area contributed by atoms with Gasteiger partial charge in [0.25, 0.3) is 5.91 Å². The molecule has 0 heterocycles. The molecule has 1 atom stereocenters. The largest absolute Gasteiger partial charge is 0.507 e. The van der Waals surface area contributed by atoms with Crippen molar-refractivity contribution in [3.05, 3.63) is 29.8 Å². The van der Waals surface area contributed by atoms with Crippen molar-refractivity contribution in [2.24, 2.45) is 11.7 Å². The summed E-state index contributed by atoms with van der Waals surface area (Å²) in [5.41, 5.74) is 6.55. The molecule has 1 unspecified atom stereocenters. The lowest BCUT2D eigenvalue weighted by Crippen LogP contribution is -2.41. The second-order valence-corrected chi connectivity index (χ2v) is 8.70. The minimum absolute atomic E-state index is 0. The zero-order valence-electron chi connectivity index (χ0n) is 18.7. The van der Waals surface area contributed by atoms with Crippen LogP contribution in [0.25, 0.3) is 0 Å². The molecule has 1 aromatic carbocycles. The minimum atomic E-state index is -0.218. The molecule has 0 radical (unpaired) electrons. The van der Waals surface area contributed by atoms with Gasteiger partial charge in [0.2, 0.25) is 0 Å². The van der Waals surface area contributed by atoms with Gasteiger partial charge in [-0.05, 0) is 51.2 Å². The summed E-state index contributed by atoms with van der Waals surface area (Å²) in [6.45, 7) is 7.09. The van der Waals surface area contributed by atoms with E-state index in [4.69, 9.17) is 5.73 Å². The van der Waals surface area contributed by atoms with Crippen LogP contribution in [0.1, 0.15) is 102 Å². The lowest BCUT2D eigenvalue weighted by atomic mass is 9.81. The monoisotopic (exact) mass is 470 g/mol. The first kappa shape index (κ1) is 27.9. The Labute approximate surface area is 188 Å². The molecular formula is C24H43BrN2O2. The van der Waals surface area contributed by atoms with Gasteiger partial charge in [0.05, 0.1) is 5.56 Å². The number of hydrogen-bond acceptors (Lipinski definition) is 3. The highest BCUT2D eigenvalue weighted by atomic mass is 79.9. The van der Waals surface area contributed by atoms with Crippen LogP contribution in [0.2, 0.25) is 0 Å². The molecule has 0 saturated heterocycles. The number of halogens is 1. The van der Waals surface area contributed by atoms with E-state index >= 15 is 0 Å². The zero-order valence-corrected chi connectivity index (χ0v) is 20.4. The first-order chi connectivity index (χ1) is 13.4. The van der Waals surface area contributed by atoms with Crippen molar-refractivity contribution >= 4 is 22.9 Å². The number of phenolic OH excluding ortho intramolecular Hbond substituents is 1. The van der Waals surface area contributed by atoms with Crippen LogP contribution >= 0.6 is 17.0 Å². The van der Waals surface area contributed by atoms with Crippen LogP contribution in [0.4, 0.5) is 0 Å². The summed E-state index contributed by atoms with van der Waals surface area (Å²) in [5, 5.41) is 12.7. The molecule has 0 aliphatic carbocycles. The lowest BCUT2D eigenvalue weighted by Gasteiger charge is -2.31. The van der Waals surface area contributed by atoms with E-state index in [0.717, 1.165) is 19.3 Å². The molecule has 4 N–H and O–H groups in total. The summed E-state index contributed by atoms with van der Waals surface area (Å²) in [4.78, 5) is 12.1. The second-order valence-electron chi connectivity index (χ2n) is 8.70. The quantitative estimate of drug-likeness (QED) is 0.260. The van der Waals surface area contributed by atoms with E-state index in [1.165, 1.54) is 57.4 Å². The van der Waals surface area contributed by atoms with Crippen LogP contribution in [0.5, 0.6) is 5.75 Å². The number of carbonyl (C=O) groups excluding carboxylic acids is 1. The third-order valence-electron chi connectivity index (χ3n) is 5.62. The minimum Gasteiger partial charge on any atom is -0.507 e. The fourth-order valence-electron chi connectivity index (χ4n) is 3.72. The van der Waals surface area contributed by atoms with Crippen LogP contribution in [0.15, 0.2) is 24.3 Å². The smallest absolute Gasteiger partial charge is 0.255 e. The molecule has 5 heteroatoms. The SMILES string of the molecule is Br.CCCCCCCCCCC(CCCNC(=O)c1ccccc1O)C(C)(C)N. The number of nitrogens with one attached hydrogen (secondary N) is 1. The first-order valence-electron chi connectivity index (χ1n) is 11.2. The number of amides is 1. The maximum atomic E-state index is 12.1. The van der Waals surface area contributed by atoms with E-state index in [-0.39, 0.29) is 34.2 Å². The summed E-state index contributed by atoms with van der Waals surface area (Å²) in [5.74, 6) is 0.273. The molecule has 1 aromatic rings. The summed E-state index contributed by atoms with van der Waals surface area (Å²) in [6.07, 6.45) is 13.7. The van der Waals surface area contributed by atoms with Gasteiger partial charge in [0.15, 0.2) is 0 Å². The normalized spacial score (nSPS) is 12.3. The van der Waals surface area contributed by atoms with E-state index in [1.54, 1.807) is 18.2 Å². The standard InChI is InChI=1S/C24H42N2O2.BrH/c1-4-5-6-7-8-9-10-11-15-20(24(2,3)25)16-14-19-26-23(28)21-17-12-13-18-22(21)27;/h12-13,17-18,20,27H,4-11,14-16,19,25H2,1-3H3,(H,26,28);1H.